The van der Waals surface area contributed by atoms with Gasteiger partial charge in [-0.1, -0.05) is 12.1 Å². The Hall–Kier alpha value is -3.95. The number of anilines is 2. The number of carbonyl (C=O) groups is 1. The summed E-state index contributed by atoms with van der Waals surface area (Å²) >= 11 is 0. The summed E-state index contributed by atoms with van der Waals surface area (Å²) in [5.41, 5.74) is 2.80. The van der Waals surface area contributed by atoms with E-state index in [0.717, 1.165) is 22.8 Å². The molecule has 10 heteroatoms. The van der Waals surface area contributed by atoms with Crippen molar-refractivity contribution >= 4 is 28.6 Å². The van der Waals surface area contributed by atoms with Crippen LogP contribution in [-0.2, 0) is 6.18 Å². The first-order valence-electron chi connectivity index (χ1n) is 10.1. The second-order valence-electron chi connectivity index (χ2n) is 7.76. The molecule has 0 saturated heterocycles. The monoisotopic (exact) mass is 454 g/mol. The van der Waals surface area contributed by atoms with E-state index in [2.05, 4.69) is 30.6 Å². The zero-order valence-corrected chi connectivity index (χ0v) is 18.1. The number of aromatic amines is 1. The van der Waals surface area contributed by atoms with Crippen LogP contribution in [0.2, 0.25) is 0 Å². The maximum Gasteiger partial charge on any atom is 0.433 e. The number of hydrogen-bond acceptors (Lipinski definition) is 5. The number of carbonyl (C=O) groups excluding carboxylic acids is 1. The van der Waals surface area contributed by atoms with Crippen molar-refractivity contribution in [2.75, 3.05) is 10.6 Å². The number of benzene rings is 1. The summed E-state index contributed by atoms with van der Waals surface area (Å²) in [6.07, 6.45) is -0.152. The third kappa shape index (κ3) is 4.79. The van der Waals surface area contributed by atoms with Gasteiger partial charge in [0.1, 0.15) is 17.0 Å². The lowest BCUT2D eigenvalue weighted by atomic mass is 10.1. The van der Waals surface area contributed by atoms with E-state index in [0.29, 0.717) is 17.2 Å². The van der Waals surface area contributed by atoms with Gasteiger partial charge in [-0.25, -0.2) is 9.97 Å². The minimum Gasteiger partial charge on any atom is -0.362 e. The number of hydrogen-bond donors (Lipinski definition) is 3. The standard InChI is InChI=1S/C23H21F3N6O/c1-12-7-16(10-27-20(12)23(24,25)26)22(33)31-17-6-4-5-15(8-17)14(3)30-18-11-29-21-19(32-18)13(2)9-28-21/h4-11,14H,1-3H3,(H,28,29)(H,30,32)(H,31,33)/t14-/m0/s1. The lowest BCUT2D eigenvalue weighted by molar-refractivity contribution is -0.141. The van der Waals surface area contributed by atoms with Crippen molar-refractivity contribution in [3.8, 4) is 0 Å². The number of fused-ring (bicyclic) bond motifs is 1. The molecule has 1 atom stereocenters. The fraction of sp³-hybridized carbons (Fsp3) is 0.217. The molecular weight excluding hydrogens is 433 g/mol. The van der Waals surface area contributed by atoms with Crippen LogP contribution in [0.1, 0.15) is 45.7 Å². The summed E-state index contributed by atoms with van der Waals surface area (Å²) in [6.45, 7) is 5.16. The molecule has 4 aromatic rings. The SMILES string of the molecule is Cc1cc(C(=O)Nc2cccc([C@H](C)Nc3cnc4[nH]cc(C)c4n3)c2)cnc1C(F)(F)F. The molecule has 0 bridgehead atoms. The molecule has 4 rings (SSSR count). The van der Waals surface area contributed by atoms with E-state index in [1.165, 1.54) is 13.0 Å². The Labute approximate surface area is 187 Å². The Morgan fingerprint density at radius 2 is 1.88 bits per heavy atom. The van der Waals surface area contributed by atoms with Gasteiger partial charge in [-0.05, 0) is 55.7 Å². The maximum atomic E-state index is 12.9. The van der Waals surface area contributed by atoms with Gasteiger partial charge in [0.2, 0.25) is 0 Å². The third-order valence-electron chi connectivity index (χ3n) is 5.19. The van der Waals surface area contributed by atoms with Gasteiger partial charge in [-0.2, -0.15) is 13.2 Å². The van der Waals surface area contributed by atoms with E-state index in [1.807, 2.05) is 26.1 Å². The molecule has 0 aliphatic carbocycles. The summed E-state index contributed by atoms with van der Waals surface area (Å²) in [5.74, 6) is 0.0646. The molecule has 1 aromatic carbocycles. The molecule has 170 valence electrons. The van der Waals surface area contributed by atoms with Crippen molar-refractivity contribution < 1.29 is 18.0 Å². The summed E-state index contributed by atoms with van der Waals surface area (Å²) in [4.78, 5) is 28.0. The molecule has 33 heavy (non-hydrogen) atoms. The minimum atomic E-state index is -4.56. The van der Waals surface area contributed by atoms with Gasteiger partial charge in [0, 0.05) is 18.1 Å². The lowest BCUT2D eigenvalue weighted by Crippen LogP contribution is -2.16. The number of amides is 1. The van der Waals surface area contributed by atoms with Crippen LogP contribution in [0.4, 0.5) is 24.7 Å². The molecule has 0 spiro atoms. The van der Waals surface area contributed by atoms with Gasteiger partial charge in [0.25, 0.3) is 5.91 Å². The fourth-order valence-electron chi connectivity index (χ4n) is 3.47. The smallest absolute Gasteiger partial charge is 0.362 e. The fourth-order valence-corrected chi connectivity index (χ4v) is 3.47. The maximum absolute atomic E-state index is 12.9. The lowest BCUT2D eigenvalue weighted by Gasteiger charge is -2.16. The van der Waals surface area contributed by atoms with Crippen LogP contribution in [0.25, 0.3) is 11.2 Å². The van der Waals surface area contributed by atoms with Gasteiger partial charge in [0.15, 0.2) is 5.65 Å². The summed E-state index contributed by atoms with van der Waals surface area (Å²) in [5, 5.41) is 6.00. The van der Waals surface area contributed by atoms with Crippen LogP contribution < -0.4 is 10.6 Å². The molecule has 0 aliphatic rings. The van der Waals surface area contributed by atoms with E-state index in [9.17, 15) is 18.0 Å². The number of halogens is 3. The number of nitrogens with zero attached hydrogens (tertiary/aromatic N) is 3. The Morgan fingerprint density at radius 1 is 1.09 bits per heavy atom. The van der Waals surface area contributed by atoms with E-state index in [-0.39, 0.29) is 17.2 Å². The molecule has 0 radical (unpaired) electrons. The van der Waals surface area contributed by atoms with Crippen LogP contribution in [0, 0.1) is 13.8 Å². The molecule has 0 saturated carbocycles. The quantitative estimate of drug-likeness (QED) is 0.375. The van der Waals surface area contributed by atoms with Crippen LogP contribution in [0.15, 0.2) is 48.9 Å². The number of pyridine rings is 1. The molecule has 0 unspecified atom stereocenters. The summed E-state index contributed by atoms with van der Waals surface area (Å²) < 4.78 is 38.7. The number of rotatable bonds is 5. The van der Waals surface area contributed by atoms with Crippen LogP contribution in [-0.4, -0.2) is 25.8 Å². The topological polar surface area (TPSA) is 95.6 Å². The minimum absolute atomic E-state index is 0.0440. The molecule has 0 aliphatic heterocycles. The zero-order valence-electron chi connectivity index (χ0n) is 18.1. The van der Waals surface area contributed by atoms with Gasteiger partial charge < -0.3 is 15.6 Å². The van der Waals surface area contributed by atoms with Crippen LogP contribution in [0.3, 0.4) is 0 Å². The Morgan fingerprint density at radius 3 is 2.61 bits per heavy atom. The first kappa shape index (κ1) is 22.3. The highest BCUT2D eigenvalue weighted by Gasteiger charge is 2.34. The Balaban J connectivity index is 1.48. The first-order valence-corrected chi connectivity index (χ1v) is 10.1. The number of alkyl halides is 3. The average Bonchev–Trinajstić information content (AvgIpc) is 3.13. The van der Waals surface area contributed by atoms with Gasteiger partial charge in [-0.3, -0.25) is 9.78 Å². The highest BCUT2D eigenvalue weighted by molar-refractivity contribution is 6.04. The van der Waals surface area contributed by atoms with Gasteiger partial charge in [-0.15, -0.1) is 0 Å². The predicted octanol–water partition coefficient (Wildman–Crippen LogP) is 5.41. The molecule has 3 heterocycles. The molecular formula is C23H21F3N6O. The second-order valence-corrected chi connectivity index (χ2v) is 7.76. The molecule has 3 N–H and O–H groups in total. The largest absolute Gasteiger partial charge is 0.433 e. The average molecular weight is 454 g/mol. The van der Waals surface area contributed by atoms with Crippen molar-refractivity contribution in [3.63, 3.8) is 0 Å². The van der Waals surface area contributed by atoms with Gasteiger partial charge >= 0.3 is 6.18 Å². The molecule has 1 amide bonds. The van der Waals surface area contributed by atoms with Crippen molar-refractivity contribution in [1.82, 2.24) is 19.9 Å². The predicted molar refractivity (Wildman–Crippen MR) is 119 cm³/mol. The molecule has 0 fully saturated rings. The molecule has 7 nitrogen and oxygen atoms in total. The summed E-state index contributed by atoms with van der Waals surface area (Å²) in [7, 11) is 0. The number of aryl methyl sites for hydroxylation is 2. The Bertz CT molecular complexity index is 1330. The van der Waals surface area contributed by atoms with E-state index in [1.54, 1.807) is 24.4 Å². The number of aromatic nitrogens is 4. The van der Waals surface area contributed by atoms with Crippen molar-refractivity contribution in [1.29, 1.82) is 0 Å². The van der Waals surface area contributed by atoms with Crippen LogP contribution in [0.5, 0.6) is 0 Å². The third-order valence-corrected chi connectivity index (χ3v) is 5.19. The first-order chi connectivity index (χ1) is 15.6. The van der Waals surface area contributed by atoms with E-state index < -0.39 is 17.8 Å². The highest BCUT2D eigenvalue weighted by Crippen LogP contribution is 2.30. The van der Waals surface area contributed by atoms with Crippen molar-refractivity contribution in [2.45, 2.75) is 33.0 Å². The van der Waals surface area contributed by atoms with Crippen molar-refractivity contribution in [2.24, 2.45) is 0 Å². The zero-order chi connectivity index (χ0) is 23.8. The number of H-pyrrole nitrogens is 1. The number of nitrogens with one attached hydrogen (secondary N) is 3. The van der Waals surface area contributed by atoms with Crippen LogP contribution >= 0.6 is 0 Å². The van der Waals surface area contributed by atoms with E-state index in [4.69, 9.17) is 0 Å². The van der Waals surface area contributed by atoms with Gasteiger partial charge in [0.05, 0.1) is 17.8 Å². The second kappa shape index (κ2) is 8.53. The molecule has 3 aromatic heterocycles. The van der Waals surface area contributed by atoms with Crippen molar-refractivity contribution in [3.05, 3.63) is 76.9 Å². The highest BCUT2D eigenvalue weighted by atomic mass is 19.4. The normalized spacial score (nSPS) is 12.5. The van der Waals surface area contributed by atoms with E-state index >= 15 is 0 Å². The Kier molecular flexibility index (Phi) is 5.75. The summed E-state index contributed by atoms with van der Waals surface area (Å²) in [6, 6.07) is 8.19.